The van der Waals surface area contributed by atoms with Crippen molar-refractivity contribution in [3.63, 3.8) is 0 Å². The van der Waals surface area contributed by atoms with Gasteiger partial charge in [-0.15, -0.1) is 0 Å². The highest BCUT2D eigenvalue weighted by Gasteiger charge is 2.30. The molecule has 0 radical (unpaired) electrons. The molecule has 2 aromatic rings. The highest BCUT2D eigenvalue weighted by Crippen LogP contribution is 2.27. The molecule has 0 bridgehead atoms. The standard InChI is InChI=1S/C24H30Cl3N3O4S/c1-5-6-11-28-24(32)17(3)29(14-18-8-10-20(26)21(27)12-18)23(31)15-30(35(4,33)34)22-13-19(25)9-7-16(22)2/h7-10,12-13,17H,5-6,11,14-15H2,1-4H3,(H,28,32). The van der Waals surface area contributed by atoms with Gasteiger partial charge in [-0.05, 0) is 55.7 Å². The Hall–Kier alpha value is -2.00. The minimum atomic E-state index is -3.85. The van der Waals surface area contributed by atoms with Crippen molar-refractivity contribution in [3.8, 4) is 0 Å². The van der Waals surface area contributed by atoms with Crippen molar-refractivity contribution in [2.75, 3.05) is 23.7 Å². The largest absolute Gasteiger partial charge is 0.354 e. The lowest BCUT2D eigenvalue weighted by molar-refractivity contribution is -0.139. The van der Waals surface area contributed by atoms with Crippen LogP contribution in [-0.2, 0) is 26.2 Å². The molecule has 11 heteroatoms. The van der Waals surface area contributed by atoms with E-state index in [0.717, 1.165) is 23.4 Å². The SMILES string of the molecule is CCCCNC(=O)C(C)N(Cc1ccc(Cl)c(Cl)c1)C(=O)CN(c1cc(Cl)ccc1C)S(C)(=O)=O. The van der Waals surface area contributed by atoms with Crippen LogP contribution in [0.4, 0.5) is 5.69 Å². The fourth-order valence-electron chi connectivity index (χ4n) is 3.40. The quantitative estimate of drug-likeness (QED) is 0.388. The Morgan fingerprint density at radius 2 is 1.74 bits per heavy atom. The van der Waals surface area contributed by atoms with E-state index in [1.54, 1.807) is 44.2 Å². The van der Waals surface area contributed by atoms with Crippen molar-refractivity contribution < 1.29 is 18.0 Å². The van der Waals surface area contributed by atoms with Crippen LogP contribution >= 0.6 is 34.8 Å². The number of nitrogens with zero attached hydrogens (tertiary/aromatic N) is 2. The number of aryl methyl sites for hydroxylation is 1. The summed E-state index contributed by atoms with van der Waals surface area (Å²) in [5.74, 6) is -0.893. The lowest BCUT2D eigenvalue weighted by atomic mass is 10.1. The maximum Gasteiger partial charge on any atom is 0.244 e. The first-order valence-electron chi connectivity index (χ1n) is 11.1. The first-order valence-corrected chi connectivity index (χ1v) is 14.1. The van der Waals surface area contributed by atoms with Gasteiger partial charge in [-0.2, -0.15) is 0 Å². The Bertz CT molecular complexity index is 1170. The van der Waals surface area contributed by atoms with Crippen LogP contribution in [0.1, 0.15) is 37.8 Å². The molecule has 0 aromatic heterocycles. The number of hydrogen-bond donors (Lipinski definition) is 1. The van der Waals surface area contributed by atoms with E-state index in [0.29, 0.717) is 38.4 Å². The average molecular weight is 563 g/mol. The monoisotopic (exact) mass is 561 g/mol. The molecule has 0 spiro atoms. The zero-order valence-corrected chi connectivity index (χ0v) is 23.2. The van der Waals surface area contributed by atoms with E-state index in [-0.39, 0.29) is 12.5 Å². The van der Waals surface area contributed by atoms with Gasteiger partial charge in [0.1, 0.15) is 12.6 Å². The number of sulfonamides is 1. The fraction of sp³-hybridized carbons (Fsp3) is 0.417. The second-order valence-electron chi connectivity index (χ2n) is 8.29. The van der Waals surface area contributed by atoms with Gasteiger partial charge in [0.15, 0.2) is 0 Å². The number of unbranched alkanes of at least 4 members (excludes halogenated alkanes) is 1. The van der Waals surface area contributed by atoms with Gasteiger partial charge in [0.2, 0.25) is 21.8 Å². The van der Waals surface area contributed by atoms with Gasteiger partial charge >= 0.3 is 0 Å². The molecule has 0 aliphatic heterocycles. The average Bonchev–Trinajstić information content (AvgIpc) is 2.78. The summed E-state index contributed by atoms with van der Waals surface area (Å²) >= 11 is 18.3. The van der Waals surface area contributed by atoms with Crippen molar-refractivity contribution in [1.29, 1.82) is 0 Å². The van der Waals surface area contributed by atoms with Crippen LogP contribution in [0.15, 0.2) is 36.4 Å². The van der Waals surface area contributed by atoms with Gasteiger partial charge in [0.25, 0.3) is 0 Å². The smallest absolute Gasteiger partial charge is 0.244 e. The van der Waals surface area contributed by atoms with E-state index in [4.69, 9.17) is 34.8 Å². The van der Waals surface area contributed by atoms with Crippen LogP contribution in [0, 0.1) is 6.92 Å². The van der Waals surface area contributed by atoms with Gasteiger partial charge in [-0.1, -0.05) is 60.3 Å². The van der Waals surface area contributed by atoms with Crippen LogP contribution < -0.4 is 9.62 Å². The topological polar surface area (TPSA) is 86.8 Å². The molecule has 1 unspecified atom stereocenters. The Morgan fingerprint density at radius 3 is 2.34 bits per heavy atom. The maximum absolute atomic E-state index is 13.5. The number of rotatable bonds is 11. The predicted molar refractivity (Wildman–Crippen MR) is 143 cm³/mol. The van der Waals surface area contributed by atoms with Gasteiger partial charge in [-0.3, -0.25) is 13.9 Å². The van der Waals surface area contributed by atoms with Crippen LogP contribution in [0.5, 0.6) is 0 Å². The minimum Gasteiger partial charge on any atom is -0.354 e. The molecule has 2 rings (SSSR count). The molecule has 0 fully saturated rings. The first-order chi connectivity index (χ1) is 16.3. The summed E-state index contributed by atoms with van der Waals surface area (Å²) in [6.45, 7) is 5.34. The Labute approximate surface area is 222 Å². The molecule has 7 nitrogen and oxygen atoms in total. The summed E-state index contributed by atoms with van der Waals surface area (Å²) in [6.07, 6.45) is 2.73. The molecule has 1 N–H and O–H groups in total. The summed E-state index contributed by atoms with van der Waals surface area (Å²) in [5, 5.41) is 3.83. The zero-order chi connectivity index (χ0) is 26.3. The summed E-state index contributed by atoms with van der Waals surface area (Å²) < 4.78 is 26.3. The predicted octanol–water partition coefficient (Wildman–Crippen LogP) is 5.05. The maximum atomic E-state index is 13.5. The fourth-order valence-corrected chi connectivity index (χ4v) is 4.79. The normalized spacial score (nSPS) is 12.2. The van der Waals surface area contributed by atoms with Crippen molar-refractivity contribution in [3.05, 3.63) is 62.6 Å². The summed E-state index contributed by atoms with van der Waals surface area (Å²) in [6, 6.07) is 8.86. The number of nitrogens with one attached hydrogen (secondary N) is 1. The number of anilines is 1. The molecule has 0 saturated heterocycles. The van der Waals surface area contributed by atoms with Gasteiger partial charge in [0, 0.05) is 18.1 Å². The Morgan fingerprint density at radius 1 is 1.06 bits per heavy atom. The molecular weight excluding hydrogens is 533 g/mol. The van der Waals surface area contributed by atoms with E-state index in [1.807, 2.05) is 6.92 Å². The molecule has 0 aliphatic rings. The third-order valence-electron chi connectivity index (χ3n) is 5.45. The second kappa shape index (κ2) is 12.8. The molecule has 2 amide bonds. The number of benzene rings is 2. The van der Waals surface area contributed by atoms with E-state index >= 15 is 0 Å². The molecule has 0 aliphatic carbocycles. The van der Waals surface area contributed by atoms with Crippen LogP contribution in [0.2, 0.25) is 15.1 Å². The van der Waals surface area contributed by atoms with Gasteiger partial charge in [-0.25, -0.2) is 8.42 Å². The first kappa shape index (κ1) is 29.2. The summed E-state index contributed by atoms with van der Waals surface area (Å²) in [5.41, 5.74) is 1.57. The molecule has 1 atom stereocenters. The van der Waals surface area contributed by atoms with E-state index in [9.17, 15) is 18.0 Å². The lowest BCUT2D eigenvalue weighted by Gasteiger charge is -2.32. The van der Waals surface area contributed by atoms with Crippen molar-refractivity contribution >= 4 is 62.3 Å². The Balaban J connectivity index is 2.42. The Kier molecular flexibility index (Phi) is 10.7. The summed E-state index contributed by atoms with van der Waals surface area (Å²) in [7, 11) is -3.85. The molecular formula is C24H30Cl3N3O4S. The molecule has 192 valence electrons. The number of halogens is 3. The van der Waals surface area contributed by atoms with E-state index in [2.05, 4.69) is 5.32 Å². The number of carbonyl (C=O) groups is 2. The van der Waals surface area contributed by atoms with Crippen molar-refractivity contribution in [2.24, 2.45) is 0 Å². The number of carbonyl (C=O) groups excluding carboxylic acids is 2. The third-order valence-corrected chi connectivity index (χ3v) is 7.55. The minimum absolute atomic E-state index is 0.0320. The number of amides is 2. The van der Waals surface area contributed by atoms with E-state index in [1.165, 1.54) is 11.0 Å². The summed E-state index contributed by atoms with van der Waals surface area (Å²) in [4.78, 5) is 27.7. The third kappa shape index (κ3) is 8.27. The zero-order valence-electron chi connectivity index (χ0n) is 20.1. The highest BCUT2D eigenvalue weighted by atomic mass is 35.5. The second-order valence-corrected chi connectivity index (χ2v) is 11.4. The van der Waals surface area contributed by atoms with Gasteiger partial charge in [0.05, 0.1) is 22.0 Å². The molecule has 0 saturated carbocycles. The van der Waals surface area contributed by atoms with Gasteiger partial charge < -0.3 is 10.2 Å². The van der Waals surface area contributed by atoms with Crippen molar-refractivity contribution in [2.45, 2.75) is 46.2 Å². The van der Waals surface area contributed by atoms with Crippen LogP contribution in [0.25, 0.3) is 0 Å². The molecule has 2 aromatic carbocycles. The highest BCUT2D eigenvalue weighted by molar-refractivity contribution is 7.92. The van der Waals surface area contributed by atoms with Crippen LogP contribution in [0.3, 0.4) is 0 Å². The molecule has 0 heterocycles. The van der Waals surface area contributed by atoms with E-state index < -0.39 is 28.5 Å². The van der Waals surface area contributed by atoms with Crippen molar-refractivity contribution in [1.82, 2.24) is 10.2 Å². The lowest BCUT2D eigenvalue weighted by Crippen LogP contribution is -2.51. The van der Waals surface area contributed by atoms with Crippen LogP contribution in [-0.4, -0.2) is 50.5 Å². The number of hydrogen-bond acceptors (Lipinski definition) is 4. The molecule has 35 heavy (non-hydrogen) atoms.